The molecule has 0 radical (unpaired) electrons. The molecule has 4 N–H and O–H groups in total. The smallest absolute Gasteiger partial charge is 0.384 e. The third kappa shape index (κ3) is 4.42. The van der Waals surface area contributed by atoms with Gasteiger partial charge in [0.2, 0.25) is 0 Å². The summed E-state index contributed by atoms with van der Waals surface area (Å²) in [5.74, 6) is -1.87. The molecule has 2 aromatic carbocycles. The van der Waals surface area contributed by atoms with Crippen LogP contribution < -0.4 is 11.1 Å². The molecule has 2 aromatic heterocycles. The normalized spacial score (nSPS) is 11.4. The van der Waals surface area contributed by atoms with Crippen LogP contribution in [0, 0.1) is 12.3 Å². The number of nitrogens with zero attached hydrogens (tertiary/aromatic N) is 6. The van der Waals surface area contributed by atoms with Crippen LogP contribution >= 0.6 is 0 Å². The van der Waals surface area contributed by atoms with Gasteiger partial charge in [-0.3, -0.25) is 10.2 Å². The molecular formula is C20H16F3N9O. The number of nitrogens with two attached hydrogens (primary N) is 1. The lowest BCUT2D eigenvalue weighted by atomic mass is 10.2. The maximum absolute atomic E-state index is 13.0. The van der Waals surface area contributed by atoms with Crippen molar-refractivity contribution in [1.82, 2.24) is 30.0 Å². The van der Waals surface area contributed by atoms with Crippen LogP contribution in [0.5, 0.6) is 0 Å². The van der Waals surface area contributed by atoms with Gasteiger partial charge in [-0.15, -0.1) is 5.10 Å². The van der Waals surface area contributed by atoms with E-state index in [0.717, 1.165) is 0 Å². The van der Waals surface area contributed by atoms with Crippen LogP contribution in [0.2, 0.25) is 0 Å². The van der Waals surface area contributed by atoms with Gasteiger partial charge in [0.05, 0.1) is 17.1 Å². The lowest BCUT2D eigenvalue weighted by molar-refractivity contribution is -0.146. The first-order valence-electron chi connectivity index (χ1n) is 9.42. The summed E-state index contributed by atoms with van der Waals surface area (Å²) in [7, 11) is 0. The molecule has 0 saturated carbocycles. The second-order valence-corrected chi connectivity index (χ2v) is 6.96. The molecule has 4 rings (SSSR count). The van der Waals surface area contributed by atoms with E-state index in [2.05, 4.69) is 25.9 Å². The molecule has 168 valence electrons. The number of rotatable bonds is 5. The molecule has 33 heavy (non-hydrogen) atoms. The maximum atomic E-state index is 13.0. The predicted molar refractivity (Wildman–Crippen MR) is 111 cm³/mol. The van der Waals surface area contributed by atoms with Crippen molar-refractivity contribution >= 4 is 17.4 Å². The van der Waals surface area contributed by atoms with Crippen molar-refractivity contribution in [2.75, 3.05) is 5.32 Å². The molecule has 0 aliphatic heterocycles. The standard InChI is InChI=1S/C20H16F3N9O/c1-11-9-16(31(28-11)15-4-2-3-12(10-15)17(24)25)18(33)26-13-5-7-14(8-6-13)32-19(20(21,22)23)27-29-30-32/h2-10H,1H3,(H3,24,25)(H,26,33). The number of hydrogen-bond donors (Lipinski definition) is 3. The number of tetrazole rings is 1. The van der Waals surface area contributed by atoms with E-state index in [-0.39, 0.29) is 17.2 Å². The van der Waals surface area contributed by atoms with Crippen LogP contribution in [-0.2, 0) is 6.18 Å². The zero-order valence-corrected chi connectivity index (χ0v) is 17.0. The van der Waals surface area contributed by atoms with E-state index < -0.39 is 17.9 Å². The van der Waals surface area contributed by atoms with Gasteiger partial charge in [0.25, 0.3) is 11.7 Å². The van der Waals surface area contributed by atoms with Crippen molar-refractivity contribution < 1.29 is 18.0 Å². The molecule has 10 nitrogen and oxygen atoms in total. The molecule has 0 spiro atoms. The zero-order valence-electron chi connectivity index (χ0n) is 17.0. The monoisotopic (exact) mass is 455 g/mol. The molecule has 2 heterocycles. The minimum Gasteiger partial charge on any atom is -0.384 e. The fraction of sp³-hybridized carbons (Fsp3) is 0.100. The SMILES string of the molecule is Cc1cc(C(=O)Nc2ccc(-n3nnnc3C(F)(F)F)cc2)n(-c2cccc(C(=N)N)c2)n1. The average molecular weight is 455 g/mol. The number of anilines is 1. The van der Waals surface area contributed by atoms with Gasteiger partial charge in [-0.2, -0.15) is 23.0 Å². The number of amidine groups is 1. The molecule has 0 bridgehead atoms. The van der Waals surface area contributed by atoms with Gasteiger partial charge in [-0.1, -0.05) is 12.1 Å². The molecule has 0 unspecified atom stereocenters. The predicted octanol–water partition coefficient (Wildman–Crippen LogP) is 2.71. The summed E-state index contributed by atoms with van der Waals surface area (Å²) >= 11 is 0. The zero-order chi connectivity index (χ0) is 23.8. The number of amides is 1. The number of halogens is 3. The summed E-state index contributed by atoms with van der Waals surface area (Å²) in [6, 6.07) is 13.8. The maximum Gasteiger partial charge on any atom is 0.453 e. The Bertz CT molecular complexity index is 1340. The first-order valence-corrected chi connectivity index (χ1v) is 9.42. The highest BCUT2D eigenvalue weighted by Gasteiger charge is 2.38. The molecule has 0 atom stereocenters. The highest BCUT2D eigenvalue weighted by Crippen LogP contribution is 2.28. The van der Waals surface area contributed by atoms with Crippen LogP contribution in [0.1, 0.15) is 27.6 Å². The molecule has 0 aliphatic rings. The first-order chi connectivity index (χ1) is 15.6. The van der Waals surface area contributed by atoms with E-state index >= 15 is 0 Å². The van der Waals surface area contributed by atoms with E-state index in [0.29, 0.717) is 27.3 Å². The number of carbonyl (C=O) groups is 1. The number of aryl methyl sites for hydroxylation is 1. The van der Waals surface area contributed by atoms with E-state index in [1.165, 1.54) is 28.9 Å². The largest absolute Gasteiger partial charge is 0.453 e. The number of hydrogen-bond acceptors (Lipinski definition) is 6. The summed E-state index contributed by atoms with van der Waals surface area (Å²) in [6.07, 6.45) is -4.72. The fourth-order valence-corrected chi connectivity index (χ4v) is 3.08. The second kappa shape index (κ2) is 8.18. The highest BCUT2D eigenvalue weighted by atomic mass is 19.4. The molecular weight excluding hydrogens is 439 g/mol. The van der Waals surface area contributed by atoms with Gasteiger partial charge >= 0.3 is 6.18 Å². The third-order valence-electron chi connectivity index (χ3n) is 4.56. The topological polar surface area (TPSA) is 140 Å². The average Bonchev–Trinajstić information content (AvgIpc) is 3.41. The van der Waals surface area contributed by atoms with Crippen molar-refractivity contribution in [3.63, 3.8) is 0 Å². The Labute approximate surface area is 184 Å². The quantitative estimate of drug-likeness (QED) is 0.312. The summed E-state index contributed by atoms with van der Waals surface area (Å²) in [6.45, 7) is 1.72. The Balaban J connectivity index is 1.59. The lowest BCUT2D eigenvalue weighted by Crippen LogP contribution is -2.18. The van der Waals surface area contributed by atoms with Gasteiger partial charge < -0.3 is 11.1 Å². The molecule has 0 fully saturated rings. The van der Waals surface area contributed by atoms with E-state index in [1.807, 2.05) is 0 Å². The van der Waals surface area contributed by atoms with Gasteiger partial charge in [0.15, 0.2) is 0 Å². The van der Waals surface area contributed by atoms with Crippen LogP contribution in [-0.4, -0.2) is 41.7 Å². The van der Waals surface area contributed by atoms with Crippen molar-refractivity contribution in [1.29, 1.82) is 5.41 Å². The summed E-state index contributed by atoms with van der Waals surface area (Å²) in [5, 5.41) is 24.1. The van der Waals surface area contributed by atoms with Crippen molar-refractivity contribution in [2.24, 2.45) is 5.73 Å². The lowest BCUT2D eigenvalue weighted by Gasteiger charge is -2.11. The first kappa shape index (κ1) is 21.7. The highest BCUT2D eigenvalue weighted by molar-refractivity contribution is 6.03. The van der Waals surface area contributed by atoms with Gasteiger partial charge in [-0.05, 0) is 59.8 Å². The van der Waals surface area contributed by atoms with Crippen LogP contribution in [0.15, 0.2) is 54.6 Å². The number of aromatic nitrogens is 6. The summed E-state index contributed by atoms with van der Waals surface area (Å²) < 4.78 is 41.0. The number of nitrogens with one attached hydrogen (secondary N) is 2. The summed E-state index contributed by atoms with van der Waals surface area (Å²) in [4.78, 5) is 12.9. The Hall–Kier alpha value is -4.55. The van der Waals surface area contributed by atoms with Crippen LogP contribution in [0.3, 0.4) is 0 Å². The van der Waals surface area contributed by atoms with Crippen molar-refractivity contribution in [3.05, 3.63) is 77.4 Å². The van der Waals surface area contributed by atoms with Gasteiger partial charge in [0, 0.05) is 11.3 Å². The Morgan fingerprint density at radius 3 is 2.45 bits per heavy atom. The van der Waals surface area contributed by atoms with E-state index in [4.69, 9.17) is 11.1 Å². The van der Waals surface area contributed by atoms with Crippen LogP contribution in [0.25, 0.3) is 11.4 Å². The minimum absolute atomic E-state index is 0.0762. The summed E-state index contributed by atoms with van der Waals surface area (Å²) in [5.41, 5.74) is 7.78. The number of benzene rings is 2. The van der Waals surface area contributed by atoms with Gasteiger partial charge in [-0.25, -0.2) is 4.68 Å². The third-order valence-corrected chi connectivity index (χ3v) is 4.56. The minimum atomic E-state index is -4.72. The van der Waals surface area contributed by atoms with E-state index in [9.17, 15) is 18.0 Å². The Morgan fingerprint density at radius 1 is 1.06 bits per heavy atom. The van der Waals surface area contributed by atoms with Gasteiger partial charge in [0.1, 0.15) is 11.5 Å². The fourth-order valence-electron chi connectivity index (χ4n) is 3.08. The molecule has 0 aliphatic carbocycles. The Kier molecular flexibility index (Phi) is 5.37. The van der Waals surface area contributed by atoms with Crippen molar-refractivity contribution in [3.8, 4) is 11.4 Å². The Morgan fingerprint density at radius 2 is 1.79 bits per heavy atom. The molecule has 1 amide bonds. The number of nitrogen functional groups attached to an aromatic ring is 1. The molecule has 0 saturated heterocycles. The molecule has 4 aromatic rings. The second-order valence-electron chi connectivity index (χ2n) is 6.96. The number of carbonyl (C=O) groups excluding carboxylic acids is 1. The van der Waals surface area contributed by atoms with E-state index in [1.54, 1.807) is 37.3 Å². The number of alkyl halides is 3. The van der Waals surface area contributed by atoms with Crippen molar-refractivity contribution in [2.45, 2.75) is 13.1 Å². The van der Waals surface area contributed by atoms with Crippen LogP contribution in [0.4, 0.5) is 18.9 Å². The molecule has 13 heteroatoms.